The van der Waals surface area contributed by atoms with E-state index in [0.29, 0.717) is 29.1 Å². The van der Waals surface area contributed by atoms with Gasteiger partial charge in [0.2, 0.25) is 0 Å². The van der Waals surface area contributed by atoms with Gasteiger partial charge in [0.15, 0.2) is 0 Å². The molecule has 0 aliphatic rings. The maximum Gasteiger partial charge on any atom is 0.315 e. The van der Waals surface area contributed by atoms with Crippen LogP contribution in [0.25, 0.3) is 0 Å². The van der Waals surface area contributed by atoms with E-state index in [-0.39, 0.29) is 24.6 Å². The Hall–Kier alpha value is -2.77. The standard InChI is InChI=1S/C23H32N3O3P/c1-17(15-24)9-10-18(2)25-26-19(3)11-12-20(4)28-13-14-29-21(27)23(8,30)16-22(5,6)7/h9-12H,1-4,13-14,16,30H2,5-8H3/b10-9-,12-11-,26-25?. The lowest BCUT2D eigenvalue weighted by Gasteiger charge is -2.30. The Morgan fingerprint density at radius 1 is 0.967 bits per heavy atom. The third-order valence-electron chi connectivity index (χ3n) is 3.36. The third-order valence-corrected chi connectivity index (χ3v) is 3.80. The summed E-state index contributed by atoms with van der Waals surface area (Å²) in [5.74, 6) is 0.0864. The Balaban J connectivity index is 4.33. The molecule has 0 fully saturated rings. The Bertz CT molecular complexity index is 807. The van der Waals surface area contributed by atoms with Crippen molar-refractivity contribution in [2.24, 2.45) is 15.6 Å². The fourth-order valence-electron chi connectivity index (χ4n) is 2.31. The highest BCUT2D eigenvalue weighted by Gasteiger charge is 2.34. The molecule has 0 saturated heterocycles. The molecule has 0 amide bonds. The van der Waals surface area contributed by atoms with Crippen LogP contribution in [0.3, 0.4) is 0 Å². The highest BCUT2D eigenvalue weighted by Crippen LogP contribution is 2.34. The van der Waals surface area contributed by atoms with Crippen LogP contribution in [-0.2, 0) is 14.3 Å². The number of hydrogen-bond acceptors (Lipinski definition) is 6. The van der Waals surface area contributed by atoms with Crippen molar-refractivity contribution in [3.63, 3.8) is 0 Å². The van der Waals surface area contributed by atoms with Crippen molar-refractivity contribution in [1.29, 1.82) is 5.26 Å². The predicted octanol–water partition coefficient (Wildman–Crippen LogP) is 5.80. The number of nitrogens with zero attached hydrogens (tertiary/aromatic N) is 3. The first-order chi connectivity index (χ1) is 13.8. The zero-order chi connectivity index (χ0) is 23.4. The fraction of sp³-hybridized carbons (Fsp3) is 0.391. The molecule has 0 N–H and O–H groups in total. The molecule has 0 aromatic carbocycles. The summed E-state index contributed by atoms with van der Waals surface area (Å²) in [6, 6.07) is 1.89. The van der Waals surface area contributed by atoms with Crippen molar-refractivity contribution in [2.45, 2.75) is 39.3 Å². The van der Waals surface area contributed by atoms with E-state index >= 15 is 0 Å². The molecule has 0 aliphatic heterocycles. The van der Waals surface area contributed by atoms with Gasteiger partial charge in [0.25, 0.3) is 0 Å². The van der Waals surface area contributed by atoms with Gasteiger partial charge >= 0.3 is 5.97 Å². The Kier molecular flexibility index (Phi) is 11.5. The number of rotatable bonds is 12. The van der Waals surface area contributed by atoms with E-state index in [4.69, 9.17) is 14.7 Å². The first kappa shape index (κ1) is 27.2. The first-order valence-corrected chi connectivity index (χ1v) is 9.87. The molecule has 0 aliphatic carbocycles. The minimum atomic E-state index is -0.640. The van der Waals surface area contributed by atoms with Crippen LogP contribution in [0.4, 0.5) is 0 Å². The summed E-state index contributed by atoms with van der Waals surface area (Å²) < 4.78 is 10.7. The van der Waals surface area contributed by atoms with Gasteiger partial charge < -0.3 is 9.47 Å². The predicted molar refractivity (Wildman–Crippen MR) is 124 cm³/mol. The molecule has 7 heteroatoms. The van der Waals surface area contributed by atoms with Crippen molar-refractivity contribution in [3.05, 3.63) is 73.3 Å². The second-order valence-electron chi connectivity index (χ2n) is 8.09. The maximum atomic E-state index is 12.2. The number of allylic oxidation sites excluding steroid dienone is 5. The van der Waals surface area contributed by atoms with Gasteiger partial charge in [-0.25, -0.2) is 0 Å². The summed E-state index contributed by atoms with van der Waals surface area (Å²) in [6.45, 7) is 23.1. The molecule has 6 nitrogen and oxygen atoms in total. The zero-order valence-electron chi connectivity index (χ0n) is 18.4. The average Bonchev–Trinajstić information content (AvgIpc) is 2.63. The van der Waals surface area contributed by atoms with Gasteiger partial charge in [-0.15, -0.1) is 9.24 Å². The van der Waals surface area contributed by atoms with Crippen LogP contribution in [-0.4, -0.2) is 24.3 Å². The van der Waals surface area contributed by atoms with Gasteiger partial charge in [0, 0.05) is 5.57 Å². The van der Waals surface area contributed by atoms with E-state index in [9.17, 15) is 4.79 Å². The summed E-state index contributed by atoms with van der Waals surface area (Å²) in [7, 11) is 2.58. The van der Waals surface area contributed by atoms with Crippen LogP contribution in [0.5, 0.6) is 0 Å². The van der Waals surface area contributed by atoms with Gasteiger partial charge in [-0.3, -0.25) is 4.79 Å². The van der Waals surface area contributed by atoms with Gasteiger partial charge in [-0.2, -0.15) is 15.5 Å². The molecule has 2 atom stereocenters. The highest BCUT2D eigenvalue weighted by atomic mass is 31.0. The van der Waals surface area contributed by atoms with Gasteiger partial charge in [-0.1, -0.05) is 47.1 Å². The summed E-state index contributed by atoms with van der Waals surface area (Å²) in [6.07, 6.45) is 6.86. The number of hydrogen-bond donors (Lipinski definition) is 0. The van der Waals surface area contributed by atoms with Gasteiger partial charge in [0.05, 0.1) is 22.6 Å². The SMILES string of the molecule is C=C(C#N)/C=C\C(=C)N=NC(=C)/C=C\C(=C)OCCOC(=O)C(C)(P)CC(C)(C)C. The largest absolute Gasteiger partial charge is 0.491 e. The lowest BCUT2D eigenvalue weighted by Crippen LogP contribution is -2.35. The molecule has 0 radical (unpaired) electrons. The van der Waals surface area contributed by atoms with Crippen LogP contribution >= 0.6 is 9.24 Å². The van der Waals surface area contributed by atoms with Crippen LogP contribution in [0.15, 0.2) is 83.6 Å². The highest BCUT2D eigenvalue weighted by molar-refractivity contribution is 7.20. The van der Waals surface area contributed by atoms with Crippen molar-refractivity contribution in [3.8, 4) is 6.07 Å². The van der Waals surface area contributed by atoms with Crippen LogP contribution in [0.2, 0.25) is 0 Å². The third kappa shape index (κ3) is 13.4. The molecule has 2 unspecified atom stereocenters. The smallest absolute Gasteiger partial charge is 0.315 e. The Labute approximate surface area is 182 Å². The lowest BCUT2D eigenvalue weighted by atomic mass is 9.85. The molecule has 30 heavy (non-hydrogen) atoms. The lowest BCUT2D eigenvalue weighted by molar-refractivity contribution is -0.148. The van der Waals surface area contributed by atoms with Crippen molar-refractivity contribution >= 4 is 15.2 Å². The number of esters is 1. The van der Waals surface area contributed by atoms with E-state index in [1.54, 1.807) is 12.2 Å². The molecular formula is C23H32N3O3P. The molecule has 0 heterocycles. The van der Waals surface area contributed by atoms with Crippen LogP contribution < -0.4 is 0 Å². The van der Waals surface area contributed by atoms with Crippen molar-refractivity contribution in [2.75, 3.05) is 13.2 Å². The van der Waals surface area contributed by atoms with Crippen LogP contribution in [0, 0.1) is 16.7 Å². The molecule has 0 aromatic heterocycles. The number of nitriles is 1. The molecule has 0 bridgehead atoms. The van der Waals surface area contributed by atoms with E-state index < -0.39 is 5.16 Å². The van der Waals surface area contributed by atoms with Gasteiger partial charge in [-0.05, 0) is 43.1 Å². The molecule has 162 valence electrons. The molecule has 0 rings (SSSR count). The van der Waals surface area contributed by atoms with E-state index in [1.807, 2.05) is 13.0 Å². The van der Waals surface area contributed by atoms with Crippen molar-refractivity contribution < 1.29 is 14.3 Å². The first-order valence-electron chi connectivity index (χ1n) is 9.29. The fourth-order valence-corrected chi connectivity index (χ4v) is 3.01. The van der Waals surface area contributed by atoms with E-state index in [1.165, 1.54) is 12.2 Å². The second-order valence-corrected chi connectivity index (χ2v) is 9.37. The average molecular weight is 430 g/mol. The van der Waals surface area contributed by atoms with Crippen LogP contribution in [0.1, 0.15) is 34.1 Å². The second kappa shape index (κ2) is 12.7. The zero-order valence-corrected chi connectivity index (χ0v) is 19.6. The molecule has 0 aromatic rings. The number of azo groups is 1. The van der Waals surface area contributed by atoms with E-state index in [2.05, 4.69) is 66.6 Å². The maximum absolute atomic E-state index is 12.2. The monoisotopic (exact) mass is 429 g/mol. The Morgan fingerprint density at radius 2 is 1.47 bits per heavy atom. The summed E-state index contributed by atoms with van der Waals surface area (Å²) in [5.41, 5.74) is 1.02. The number of ether oxygens (including phenoxy) is 2. The van der Waals surface area contributed by atoms with E-state index in [0.717, 1.165) is 0 Å². The topological polar surface area (TPSA) is 84.0 Å². The Morgan fingerprint density at radius 3 is 1.97 bits per heavy atom. The number of carbonyl (C=O) groups is 1. The molecule has 0 saturated carbocycles. The van der Waals surface area contributed by atoms with Gasteiger partial charge in [0.1, 0.15) is 19.0 Å². The van der Waals surface area contributed by atoms with Crippen molar-refractivity contribution in [1.82, 2.24) is 0 Å². The minimum absolute atomic E-state index is 0.0126. The summed E-state index contributed by atoms with van der Waals surface area (Å²) in [4.78, 5) is 12.2. The minimum Gasteiger partial charge on any atom is -0.491 e. The molecule has 0 spiro atoms. The summed E-state index contributed by atoms with van der Waals surface area (Å²) in [5, 5.41) is 15.7. The normalized spacial score (nSPS) is 13.7. The number of carbonyl (C=O) groups excluding carboxylic acids is 1. The molecular weight excluding hydrogens is 397 g/mol. The summed E-state index contributed by atoms with van der Waals surface area (Å²) >= 11 is 0. The quantitative estimate of drug-likeness (QED) is 0.0746.